The van der Waals surface area contributed by atoms with Crippen molar-refractivity contribution in [3.8, 4) is 0 Å². The Morgan fingerprint density at radius 3 is 2.29 bits per heavy atom. The quantitative estimate of drug-likeness (QED) is 0.799. The minimum Gasteiger partial charge on any atom is -0.345 e. The molecule has 2 aromatic rings. The molecule has 0 unspecified atom stereocenters. The van der Waals surface area contributed by atoms with Crippen molar-refractivity contribution in [1.82, 2.24) is 8.87 Å². The number of nitrogens with zero attached hydrogens (tertiary/aromatic N) is 2. The lowest BCUT2D eigenvalue weighted by Gasteiger charge is -2.25. The summed E-state index contributed by atoms with van der Waals surface area (Å²) in [5.41, 5.74) is 1.30. The highest BCUT2D eigenvalue weighted by atomic mass is 32.2. The molecule has 1 aliphatic heterocycles. The number of carbonyl (C=O) groups is 2. The first-order chi connectivity index (χ1) is 13.3. The van der Waals surface area contributed by atoms with Crippen LogP contribution in [0.3, 0.4) is 0 Å². The average molecular weight is 404 g/mol. The molecule has 2 amide bonds. The molecule has 2 heterocycles. The molecule has 2 N–H and O–H groups in total. The maximum atomic E-state index is 12.8. The molecular formula is C19H24N4O4S. The Bertz CT molecular complexity index is 991. The van der Waals surface area contributed by atoms with Gasteiger partial charge in [0.1, 0.15) is 10.6 Å². The van der Waals surface area contributed by atoms with Crippen molar-refractivity contribution in [2.24, 2.45) is 7.05 Å². The smallest absolute Gasteiger partial charge is 0.272 e. The first-order valence-corrected chi connectivity index (χ1v) is 10.6. The summed E-state index contributed by atoms with van der Waals surface area (Å²) >= 11 is 0. The molecule has 1 saturated heterocycles. The Hall–Kier alpha value is -2.65. The monoisotopic (exact) mass is 404 g/mol. The van der Waals surface area contributed by atoms with Crippen LogP contribution in [0.25, 0.3) is 0 Å². The van der Waals surface area contributed by atoms with Crippen molar-refractivity contribution in [1.29, 1.82) is 0 Å². The number of hydrogen-bond acceptors (Lipinski definition) is 4. The van der Waals surface area contributed by atoms with Crippen molar-refractivity contribution in [3.05, 3.63) is 42.2 Å². The summed E-state index contributed by atoms with van der Waals surface area (Å²) in [6.45, 7) is 2.42. The van der Waals surface area contributed by atoms with Crippen LogP contribution in [0.1, 0.15) is 36.7 Å². The summed E-state index contributed by atoms with van der Waals surface area (Å²) in [5, 5.41) is 5.39. The van der Waals surface area contributed by atoms with Crippen LogP contribution in [0, 0.1) is 0 Å². The van der Waals surface area contributed by atoms with Gasteiger partial charge >= 0.3 is 0 Å². The van der Waals surface area contributed by atoms with Crippen LogP contribution in [-0.4, -0.2) is 42.2 Å². The van der Waals surface area contributed by atoms with Gasteiger partial charge < -0.3 is 15.2 Å². The van der Waals surface area contributed by atoms with E-state index in [0.717, 1.165) is 19.3 Å². The molecule has 9 heteroatoms. The second-order valence-electron chi connectivity index (χ2n) is 6.85. The van der Waals surface area contributed by atoms with Crippen LogP contribution in [0.15, 0.2) is 41.4 Å². The van der Waals surface area contributed by atoms with E-state index < -0.39 is 15.9 Å². The SMILES string of the molecule is CC(=O)Nc1cccc(NC(=O)c2cc(S(=O)(=O)N3CCCCC3)cn2C)c1. The normalized spacial score (nSPS) is 15.2. The van der Waals surface area contributed by atoms with Crippen molar-refractivity contribution in [2.45, 2.75) is 31.1 Å². The Morgan fingerprint density at radius 1 is 1.00 bits per heavy atom. The average Bonchev–Trinajstić information content (AvgIpc) is 3.05. The van der Waals surface area contributed by atoms with Gasteiger partial charge in [0, 0.05) is 44.6 Å². The van der Waals surface area contributed by atoms with Gasteiger partial charge in [-0.15, -0.1) is 0 Å². The summed E-state index contributed by atoms with van der Waals surface area (Å²) in [4.78, 5) is 24.0. The number of carbonyl (C=O) groups excluding carboxylic acids is 2. The molecule has 28 heavy (non-hydrogen) atoms. The van der Waals surface area contributed by atoms with E-state index in [2.05, 4.69) is 10.6 Å². The number of amides is 2. The number of piperidine rings is 1. The molecule has 1 fully saturated rings. The van der Waals surface area contributed by atoms with Gasteiger partial charge in [-0.25, -0.2) is 8.42 Å². The van der Waals surface area contributed by atoms with Gasteiger partial charge in [-0.1, -0.05) is 12.5 Å². The summed E-state index contributed by atoms with van der Waals surface area (Å²) in [6.07, 6.45) is 4.20. The highest BCUT2D eigenvalue weighted by Gasteiger charge is 2.28. The van der Waals surface area contributed by atoms with E-state index in [4.69, 9.17) is 0 Å². The molecule has 0 spiro atoms. The number of rotatable bonds is 5. The highest BCUT2D eigenvalue weighted by molar-refractivity contribution is 7.89. The Morgan fingerprint density at radius 2 is 1.64 bits per heavy atom. The number of sulfonamides is 1. The van der Waals surface area contributed by atoms with Gasteiger partial charge in [-0.3, -0.25) is 9.59 Å². The summed E-state index contributed by atoms with van der Waals surface area (Å²) in [7, 11) is -1.97. The zero-order valence-corrected chi connectivity index (χ0v) is 16.8. The molecule has 1 aromatic carbocycles. The van der Waals surface area contributed by atoms with Gasteiger partial charge in [0.15, 0.2) is 0 Å². The van der Waals surface area contributed by atoms with E-state index in [0.29, 0.717) is 24.5 Å². The van der Waals surface area contributed by atoms with E-state index in [-0.39, 0.29) is 16.5 Å². The van der Waals surface area contributed by atoms with Crippen LogP contribution in [0.5, 0.6) is 0 Å². The van der Waals surface area contributed by atoms with Gasteiger partial charge in [-0.05, 0) is 37.1 Å². The fraction of sp³-hybridized carbons (Fsp3) is 0.368. The molecule has 0 bridgehead atoms. The predicted octanol–water partition coefficient (Wildman–Crippen LogP) is 2.41. The molecule has 150 valence electrons. The zero-order valence-electron chi connectivity index (χ0n) is 15.9. The van der Waals surface area contributed by atoms with Crippen LogP contribution < -0.4 is 10.6 Å². The third-order valence-corrected chi connectivity index (χ3v) is 6.47. The van der Waals surface area contributed by atoms with Crippen molar-refractivity contribution >= 4 is 33.2 Å². The second kappa shape index (κ2) is 8.15. The summed E-state index contributed by atoms with van der Waals surface area (Å²) in [5.74, 6) is -0.638. The fourth-order valence-corrected chi connectivity index (χ4v) is 4.82. The Labute approximate surface area is 164 Å². The Balaban J connectivity index is 1.79. The van der Waals surface area contributed by atoms with Gasteiger partial charge in [0.05, 0.1) is 0 Å². The van der Waals surface area contributed by atoms with Crippen molar-refractivity contribution in [3.63, 3.8) is 0 Å². The van der Waals surface area contributed by atoms with Gasteiger partial charge in [-0.2, -0.15) is 4.31 Å². The fourth-order valence-electron chi connectivity index (χ4n) is 3.23. The predicted molar refractivity (Wildman–Crippen MR) is 107 cm³/mol. The number of nitrogens with one attached hydrogen (secondary N) is 2. The Kier molecular flexibility index (Phi) is 5.85. The van der Waals surface area contributed by atoms with E-state index in [9.17, 15) is 18.0 Å². The van der Waals surface area contributed by atoms with E-state index in [1.54, 1.807) is 31.3 Å². The van der Waals surface area contributed by atoms with Crippen molar-refractivity contribution in [2.75, 3.05) is 23.7 Å². The molecule has 0 atom stereocenters. The molecule has 1 aliphatic rings. The van der Waals surface area contributed by atoms with Crippen LogP contribution in [-0.2, 0) is 21.9 Å². The largest absolute Gasteiger partial charge is 0.345 e. The number of benzene rings is 1. The topological polar surface area (TPSA) is 101 Å². The lowest BCUT2D eigenvalue weighted by molar-refractivity contribution is -0.114. The first kappa shape index (κ1) is 20.1. The number of anilines is 2. The van der Waals surface area contributed by atoms with Crippen LogP contribution in [0.4, 0.5) is 11.4 Å². The number of aromatic nitrogens is 1. The molecule has 0 radical (unpaired) electrons. The lowest BCUT2D eigenvalue weighted by atomic mass is 10.2. The molecular weight excluding hydrogens is 380 g/mol. The lowest BCUT2D eigenvalue weighted by Crippen LogP contribution is -2.35. The molecule has 8 nitrogen and oxygen atoms in total. The van der Waals surface area contributed by atoms with E-state index >= 15 is 0 Å². The molecule has 0 aliphatic carbocycles. The summed E-state index contributed by atoms with van der Waals surface area (Å²) in [6, 6.07) is 8.14. The molecule has 3 rings (SSSR count). The zero-order chi connectivity index (χ0) is 20.3. The van der Waals surface area contributed by atoms with Gasteiger partial charge in [0.2, 0.25) is 15.9 Å². The van der Waals surface area contributed by atoms with Gasteiger partial charge in [0.25, 0.3) is 5.91 Å². The third kappa shape index (κ3) is 4.42. The minimum absolute atomic E-state index is 0.119. The third-order valence-electron chi connectivity index (χ3n) is 4.61. The molecule has 0 saturated carbocycles. The maximum Gasteiger partial charge on any atom is 0.272 e. The maximum absolute atomic E-state index is 12.8. The first-order valence-electron chi connectivity index (χ1n) is 9.13. The standard InChI is InChI=1S/C19H24N4O4S/c1-14(24)20-15-7-6-8-16(11-15)21-19(25)18-12-17(13-22(18)2)28(26,27)23-9-4-3-5-10-23/h6-8,11-13H,3-5,9-10H2,1-2H3,(H,20,24)(H,21,25). The number of hydrogen-bond donors (Lipinski definition) is 2. The van der Waals surface area contributed by atoms with Crippen LogP contribution in [0.2, 0.25) is 0 Å². The number of aryl methyl sites for hydroxylation is 1. The second-order valence-corrected chi connectivity index (χ2v) is 8.79. The van der Waals surface area contributed by atoms with Crippen LogP contribution >= 0.6 is 0 Å². The highest BCUT2D eigenvalue weighted by Crippen LogP contribution is 2.23. The molecule has 1 aromatic heterocycles. The summed E-state index contributed by atoms with van der Waals surface area (Å²) < 4.78 is 28.6. The van der Waals surface area contributed by atoms with E-state index in [1.807, 2.05) is 0 Å². The van der Waals surface area contributed by atoms with Crippen molar-refractivity contribution < 1.29 is 18.0 Å². The van der Waals surface area contributed by atoms with E-state index in [1.165, 1.54) is 28.1 Å². The minimum atomic E-state index is -3.61.